The largest absolute Gasteiger partial charge is 0.481 e. The fourth-order valence-corrected chi connectivity index (χ4v) is 0.878. The lowest BCUT2D eigenvalue weighted by atomic mass is 9.96. The molecule has 0 amide bonds. The predicted octanol–water partition coefficient (Wildman–Crippen LogP) is 2.34. The van der Waals surface area contributed by atoms with Crippen molar-refractivity contribution in [1.82, 2.24) is 0 Å². The van der Waals surface area contributed by atoms with Crippen molar-refractivity contribution in [3.63, 3.8) is 0 Å². The molecule has 0 bridgehead atoms. The first kappa shape index (κ1) is 25.1. The first-order chi connectivity index (χ1) is 11.2. The maximum atomic E-state index is 11.2. The molecular formula is C18H30O7. The van der Waals surface area contributed by atoms with Crippen LogP contribution in [-0.4, -0.2) is 47.9 Å². The molecule has 7 heteroatoms. The normalized spacial score (nSPS) is 10.8. The van der Waals surface area contributed by atoms with Crippen molar-refractivity contribution in [2.75, 3.05) is 19.8 Å². The number of ether oxygens (including phenoxy) is 2. The molecule has 7 nitrogen and oxygen atoms in total. The lowest BCUT2D eigenvalue weighted by molar-refractivity contribution is -0.149. The first-order valence-electron chi connectivity index (χ1n) is 7.66. The van der Waals surface area contributed by atoms with Crippen LogP contribution in [0.15, 0.2) is 24.3 Å². The Morgan fingerprint density at radius 1 is 0.880 bits per heavy atom. The van der Waals surface area contributed by atoms with E-state index in [1.807, 2.05) is 13.8 Å². The number of carbonyl (C=O) groups excluding carboxylic acids is 2. The van der Waals surface area contributed by atoms with E-state index in [9.17, 15) is 14.4 Å². The molecule has 0 saturated carbocycles. The SMILES string of the molecule is C=C(C)C(=O)OCC(C)(C)COC(=O)C(=C)C.CC(C)(CO)C(=O)O. The summed E-state index contributed by atoms with van der Waals surface area (Å²) < 4.78 is 10.0. The highest BCUT2D eigenvalue weighted by Crippen LogP contribution is 2.17. The van der Waals surface area contributed by atoms with Crippen LogP contribution < -0.4 is 0 Å². The molecule has 0 unspecified atom stereocenters. The summed E-state index contributed by atoms with van der Waals surface area (Å²) in [6, 6.07) is 0. The Balaban J connectivity index is 0. The summed E-state index contributed by atoms with van der Waals surface area (Å²) >= 11 is 0. The average Bonchev–Trinajstić information content (AvgIpc) is 2.50. The number of hydrogen-bond acceptors (Lipinski definition) is 6. The van der Waals surface area contributed by atoms with Gasteiger partial charge in [-0.15, -0.1) is 0 Å². The van der Waals surface area contributed by atoms with E-state index in [0.717, 1.165) is 0 Å². The lowest BCUT2D eigenvalue weighted by Gasteiger charge is -2.23. The average molecular weight is 358 g/mol. The fraction of sp³-hybridized carbons (Fsp3) is 0.611. The topological polar surface area (TPSA) is 110 Å². The lowest BCUT2D eigenvalue weighted by Crippen LogP contribution is -2.28. The minimum absolute atomic E-state index is 0.169. The molecule has 25 heavy (non-hydrogen) atoms. The highest BCUT2D eigenvalue weighted by molar-refractivity contribution is 5.87. The van der Waals surface area contributed by atoms with Crippen molar-refractivity contribution in [3.05, 3.63) is 24.3 Å². The monoisotopic (exact) mass is 358 g/mol. The van der Waals surface area contributed by atoms with E-state index >= 15 is 0 Å². The summed E-state index contributed by atoms with van der Waals surface area (Å²) in [5.41, 5.74) is -0.726. The number of aliphatic hydroxyl groups is 1. The molecular weight excluding hydrogens is 328 g/mol. The molecule has 0 rings (SSSR count). The number of carboxylic acid groups (broad SMARTS) is 1. The molecule has 0 aromatic rings. The van der Waals surface area contributed by atoms with E-state index in [1.54, 1.807) is 13.8 Å². The third kappa shape index (κ3) is 11.9. The van der Waals surface area contributed by atoms with Crippen molar-refractivity contribution < 1.29 is 34.1 Å². The Morgan fingerprint density at radius 3 is 1.36 bits per heavy atom. The van der Waals surface area contributed by atoms with E-state index < -0.39 is 28.7 Å². The van der Waals surface area contributed by atoms with E-state index in [0.29, 0.717) is 11.1 Å². The number of carboxylic acids is 1. The van der Waals surface area contributed by atoms with E-state index in [4.69, 9.17) is 19.7 Å². The molecule has 0 heterocycles. The van der Waals surface area contributed by atoms with Crippen molar-refractivity contribution in [1.29, 1.82) is 0 Å². The molecule has 0 radical (unpaired) electrons. The molecule has 0 aliphatic carbocycles. The van der Waals surface area contributed by atoms with Crippen LogP contribution in [0.3, 0.4) is 0 Å². The summed E-state index contributed by atoms with van der Waals surface area (Å²) in [4.78, 5) is 32.5. The first-order valence-corrected chi connectivity index (χ1v) is 7.66. The van der Waals surface area contributed by atoms with E-state index in [1.165, 1.54) is 13.8 Å². The van der Waals surface area contributed by atoms with Crippen LogP contribution in [0, 0.1) is 10.8 Å². The Morgan fingerprint density at radius 2 is 1.20 bits per heavy atom. The number of aliphatic carboxylic acids is 1. The molecule has 0 atom stereocenters. The van der Waals surface area contributed by atoms with Gasteiger partial charge < -0.3 is 19.7 Å². The van der Waals surface area contributed by atoms with E-state index in [2.05, 4.69) is 13.2 Å². The Labute approximate surface area is 149 Å². The van der Waals surface area contributed by atoms with Gasteiger partial charge in [0.1, 0.15) is 0 Å². The maximum absolute atomic E-state index is 11.2. The van der Waals surface area contributed by atoms with Crippen LogP contribution in [0.1, 0.15) is 41.5 Å². The summed E-state index contributed by atoms with van der Waals surface area (Å²) in [5.74, 6) is -1.85. The van der Waals surface area contributed by atoms with Gasteiger partial charge in [-0.25, -0.2) is 9.59 Å². The van der Waals surface area contributed by atoms with Gasteiger partial charge in [0.25, 0.3) is 0 Å². The second-order valence-corrected chi connectivity index (χ2v) is 7.22. The highest BCUT2D eigenvalue weighted by atomic mass is 16.5. The number of esters is 2. The van der Waals surface area contributed by atoms with Crippen LogP contribution in [0.2, 0.25) is 0 Å². The molecule has 0 aliphatic rings. The summed E-state index contributed by atoms with van der Waals surface area (Å²) in [7, 11) is 0. The third-order valence-electron chi connectivity index (χ3n) is 2.86. The maximum Gasteiger partial charge on any atom is 0.333 e. The van der Waals surface area contributed by atoms with Gasteiger partial charge >= 0.3 is 17.9 Å². The Hall–Kier alpha value is -2.15. The summed E-state index contributed by atoms with van der Waals surface area (Å²) in [6.45, 7) is 16.8. The molecule has 0 spiro atoms. The summed E-state index contributed by atoms with van der Waals surface area (Å²) in [6.07, 6.45) is 0. The molecule has 0 aromatic heterocycles. The number of aliphatic hydroxyl groups excluding tert-OH is 1. The van der Waals surface area contributed by atoms with Crippen molar-refractivity contribution in [2.45, 2.75) is 41.5 Å². The smallest absolute Gasteiger partial charge is 0.333 e. The van der Waals surface area contributed by atoms with Gasteiger partial charge in [0.2, 0.25) is 0 Å². The van der Waals surface area contributed by atoms with Gasteiger partial charge in [-0.3, -0.25) is 4.79 Å². The van der Waals surface area contributed by atoms with E-state index in [-0.39, 0.29) is 19.8 Å². The molecule has 0 aromatic carbocycles. The van der Waals surface area contributed by atoms with Crippen LogP contribution in [0.4, 0.5) is 0 Å². The molecule has 0 saturated heterocycles. The molecule has 0 fully saturated rings. The van der Waals surface area contributed by atoms with Gasteiger partial charge in [0.05, 0.1) is 25.2 Å². The number of rotatable bonds is 8. The standard InChI is InChI=1S/C13H20O4.C5H10O3/c1-9(2)11(14)16-7-13(5,6)8-17-12(15)10(3)4;1-5(2,3-6)4(7)8/h1,3,7-8H2,2,4-6H3;6H,3H2,1-2H3,(H,7,8). The van der Waals surface area contributed by atoms with Gasteiger partial charge in [0, 0.05) is 16.6 Å². The van der Waals surface area contributed by atoms with Gasteiger partial charge in [-0.2, -0.15) is 0 Å². The van der Waals surface area contributed by atoms with Crippen LogP contribution >= 0.6 is 0 Å². The zero-order valence-electron chi connectivity index (χ0n) is 16.0. The van der Waals surface area contributed by atoms with Gasteiger partial charge in [-0.05, 0) is 27.7 Å². The highest BCUT2D eigenvalue weighted by Gasteiger charge is 2.25. The Bertz CT molecular complexity index is 484. The Kier molecular flexibility index (Phi) is 10.7. The fourth-order valence-electron chi connectivity index (χ4n) is 0.878. The summed E-state index contributed by atoms with van der Waals surface area (Å²) in [5, 5.41) is 16.7. The van der Waals surface area contributed by atoms with Crippen molar-refractivity contribution in [2.24, 2.45) is 10.8 Å². The van der Waals surface area contributed by atoms with Gasteiger partial charge in [-0.1, -0.05) is 27.0 Å². The zero-order chi connectivity index (χ0) is 20.4. The zero-order valence-corrected chi connectivity index (χ0v) is 16.0. The predicted molar refractivity (Wildman–Crippen MR) is 93.8 cm³/mol. The quantitative estimate of drug-likeness (QED) is 0.506. The minimum atomic E-state index is -0.986. The van der Waals surface area contributed by atoms with Crippen LogP contribution in [0.5, 0.6) is 0 Å². The van der Waals surface area contributed by atoms with Crippen molar-refractivity contribution in [3.8, 4) is 0 Å². The number of carbonyl (C=O) groups is 3. The molecule has 2 N–H and O–H groups in total. The van der Waals surface area contributed by atoms with Crippen LogP contribution in [0.25, 0.3) is 0 Å². The number of hydrogen-bond donors (Lipinski definition) is 2. The van der Waals surface area contributed by atoms with Crippen LogP contribution in [-0.2, 0) is 23.9 Å². The second kappa shape index (κ2) is 10.7. The minimum Gasteiger partial charge on any atom is -0.481 e. The van der Waals surface area contributed by atoms with Crippen molar-refractivity contribution >= 4 is 17.9 Å². The third-order valence-corrected chi connectivity index (χ3v) is 2.86. The second-order valence-electron chi connectivity index (χ2n) is 7.22. The molecule has 0 aliphatic heterocycles. The van der Waals surface area contributed by atoms with Gasteiger partial charge in [0.15, 0.2) is 0 Å². The molecule has 144 valence electrons.